The van der Waals surface area contributed by atoms with E-state index in [4.69, 9.17) is 0 Å². The Bertz CT molecular complexity index is 821. The summed E-state index contributed by atoms with van der Waals surface area (Å²) in [6.07, 6.45) is 9.24. The third kappa shape index (κ3) is 3.39. The number of unbranched alkanes of at least 4 members (excludes halogenated alkanes) is 1. The average molecular weight is 314 g/mol. The van der Waals surface area contributed by atoms with E-state index in [1.807, 2.05) is 12.3 Å². The molecule has 0 saturated heterocycles. The molecule has 0 bridgehead atoms. The number of aromatic amines is 1. The van der Waals surface area contributed by atoms with Crippen LogP contribution >= 0.6 is 0 Å². The third-order valence-electron chi connectivity index (χ3n) is 3.86. The molecular formula is C16H20N5O2+. The van der Waals surface area contributed by atoms with Crippen LogP contribution in [0.1, 0.15) is 25.6 Å². The molecule has 0 aliphatic rings. The number of aromatic nitrogens is 4. The summed E-state index contributed by atoms with van der Waals surface area (Å²) in [5.41, 5.74) is 1.18. The van der Waals surface area contributed by atoms with Crippen molar-refractivity contribution < 1.29 is 9.49 Å². The Morgan fingerprint density at radius 2 is 2.30 bits per heavy atom. The van der Waals surface area contributed by atoms with E-state index in [1.165, 1.54) is 18.9 Å². The van der Waals surface area contributed by atoms with E-state index in [0.717, 1.165) is 18.9 Å². The van der Waals surface area contributed by atoms with E-state index in [0.29, 0.717) is 17.5 Å². The Labute approximate surface area is 133 Å². The molecule has 23 heavy (non-hydrogen) atoms. The third-order valence-corrected chi connectivity index (χ3v) is 3.86. The minimum atomic E-state index is -0.393. The molecule has 0 atom stereocenters. The number of rotatable bonds is 7. The number of imidazole rings is 2. The molecule has 2 aromatic heterocycles. The van der Waals surface area contributed by atoms with Gasteiger partial charge in [-0.1, -0.05) is 19.4 Å². The number of nitro benzene ring substituents is 1. The Hall–Kier alpha value is -2.70. The normalized spacial score (nSPS) is 11.2. The monoisotopic (exact) mass is 314 g/mol. The molecule has 3 aromatic rings. The van der Waals surface area contributed by atoms with Crippen molar-refractivity contribution in [3.63, 3.8) is 0 Å². The van der Waals surface area contributed by atoms with Gasteiger partial charge in [0, 0.05) is 12.5 Å². The number of benzene rings is 1. The summed E-state index contributed by atoms with van der Waals surface area (Å²) in [6, 6.07) is 4.97. The lowest BCUT2D eigenvalue weighted by Gasteiger charge is -1.95. The predicted octanol–water partition coefficient (Wildman–Crippen LogP) is 2.60. The number of nitro groups is 1. The average Bonchev–Trinajstić information content (AvgIpc) is 3.16. The standard InChI is InChI=1S/C16H20N5O2/c1-2-3-8-19-10-11-20(12-19)9-7-15-17-13-5-4-6-14(21(22)23)16(13)18-15/h4-6,10-12H,2-3,7-9H2,1H3,(H,17,18)/q+1. The van der Waals surface area contributed by atoms with E-state index in [-0.39, 0.29) is 5.69 Å². The Morgan fingerprint density at radius 3 is 3.09 bits per heavy atom. The summed E-state index contributed by atoms with van der Waals surface area (Å²) < 4.78 is 4.28. The Balaban J connectivity index is 1.71. The lowest BCUT2D eigenvalue weighted by atomic mass is 10.3. The predicted molar refractivity (Wildman–Crippen MR) is 86.0 cm³/mol. The molecule has 1 N–H and O–H groups in total. The van der Waals surface area contributed by atoms with Gasteiger partial charge in [0.1, 0.15) is 18.2 Å². The zero-order chi connectivity index (χ0) is 16.2. The van der Waals surface area contributed by atoms with Gasteiger partial charge < -0.3 is 4.98 Å². The minimum Gasteiger partial charge on any atom is -0.342 e. The summed E-state index contributed by atoms with van der Waals surface area (Å²) in [6.45, 7) is 3.99. The van der Waals surface area contributed by atoms with Crippen molar-refractivity contribution in [2.75, 3.05) is 0 Å². The number of para-hydroxylation sites is 1. The number of hydrogen-bond donors (Lipinski definition) is 1. The molecule has 7 nitrogen and oxygen atoms in total. The summed E-state index contributed by atoms with van der Waals surface area (Å²) in [5, 5.41) is 11.0. The zero-order valence-corrected chi connectivity index (χ0v) is 13.1. The van der Waals surface area contributed by atoms with E-state index in [9.17, 15) is 10.1 Å². The van der Waals surface area contributed by atoms with Crippen molar-refractivity contribution in [1.29, 1.82) is 0 Å². The van der Waals surface area contributed by atoms with Crippen LogP contribution in [0.2, 0.25) is 0 Å². The molecule has 0 aliphatic heterocycles. The van der Waals surface area contributed by atoms with Crippen LogP contribution in [0.3, 0.4) is 0 Å². The van der Waals surface area contributed by atoms with Gasteiger partial charge >= 0.3 is 0 Å². The first-order chi connectivity index (χ1) is 11.2. The molecule has 3 rings (SSSR count). The highest BCUT2D eigenvalue weighted by atomic mass is 16.6. The molecule has 0 unspecified atom stereocenters. The lowest BCUT2D eigenvalue weighted by Crippen LogP contribution is -2.30. The zero-order valence-electron chi connectivity index (χ0n) is 13.1. The van der Waals surface area contributed by atoms with Gasteiger partial charge in [-0.3, -0.25) is 10.1 Å². The molecule has 120 valence electrons. The number of nitrogens with zero attached hydrogens (tertiary/aromatic N) is 4. The fourth-order valence-electron chi connectivity index (χ4n) is 2.61. The van der Waals surface area contributed by atoms with Crippen molar-refractivity contribution in [2.45, 2.75) is 39.3 Å². The molecule has 2 heterocycles. The second-order valence-corrected chi connectivity index (χ2v) is 5.61. The lowest BCUT2D eigenvalue weighted by molar-refractivity contribution is -0.696. The molecule has 0 spiro atoms. The van der Waals surface area contributed by atoms with Crippen molar-refractivity contribution in [2.24, 2.45) is 0 Å². The maximum atomic E-state index is 11.0. The van der Waals surface area contributed by atoms with Crippen LogP contribution in [0, 0.1) is 10.1 Å². The SMILES string of the molecule is CCCC[n+]1ccn(CCc2nc3c([N+](=O)[O-])cccc3[nH]2)c1. The fourth-order valence-corrected chi connectivity index (χ4v) is 2.61. The van der Waals surface area contributed by atoms with Crippen LogP contribution in [0.15, 0.2) is 36.9 Å². The smallest absolute Gasteiger partial charge is 0.297 e. The summed E-state index contributed by atoms with van der Waals surface area (Å²) in [7, 11) is 0. The molecule has 0 amide bonds. The second kappa shape index (κ2) is 6.60. The number of aryl methyl sites for hydroxylation is 3. The van der Waals surface area contributed by atoms with Crippen LogP contribution in [0.25, 0.3) is 11.0 Å². The molecule has 0 saturated carbocycles. The number of hydrogen-bond acceptors (Lipinski definition) is 3. The number of H-pyrrole nitrogens is 1. The highest BCUT2D eigenvalue weighted by Crippen LogP contribution is 2.23. The number of fused-ring (bicyclic) bond motifs is 1. The second-order valence-electron chi connectivity index (χ2n) is 5.61. The van der Waals surface area contributed by atoms with Crippen LogP contribution in [-0.4, -0.2) is 19.5 Å². The molecule has 0 fully saturated rings. The molecule has 7 heteroatoms. The molecular weight excluding hydrogens is 294 g/mol. The first-order valence-electron chi connectivity index (χ1n) is 7.84. The number of non-ortho nitro benzene ring substituents is 1. The van der Waals surface area contributed by atoms with Crippen LogP contribution in [-0.2, 0) is 19.5 Å². The molecule has 0 radical (unpaired) electrons. The highest BCUT2D eigenvalue weighted by Gasteiger charge is 2.15. The van der Waals surface area contributed by atoms with Crippen molar-refractivity contribution in [3.05, 3.63) is 52.9 Å². The Morgan fingerprint density at radius 1 is 1.43 bits per heavy atom. The van der Waals surface area contributed by atoms with Gasteiger partial charge in [0.25, 0.3) is 5.69 Å². The van der Waals surface area contributed by atoms with Crippen molar-refractivity contribution >= 4 is 16.7 Å². The van der Waals surface area contributed by atoms with Gasteiger partial charge in [-0.05, 0) is 12.5 Å². The summed E-state index contributed by atoms with van der Waals surface area (Å²) in [4.78, 5) is 18.2. The van der Waals surface area contributed by atoms with Gasteiger partial charge in [-0.15, -0.1) is 0 Å². The topological polar surface area (TPSA) is 80.6 Å². The largest absolute Gasteiger partial charge is 0.342 e. The van der Waals surface area contributed by atoms with Crippen LogP contribution in [0.5, 0.6) is 0 Å². The Kier molecular flexibility index (Phi) is 4.36. The van der Waals surface area contributed by atoms with E-state index < -0.39 is 4.92 Å². The van der Waals surface area contributed by atoms with E-state index in [2.05, 4.69) is 38.6 Å². The van der Waals surface area contributed by atoms with Crippen LogP contribution in [0.4, 0.5) is 5.69 Å². The summed E-state index contributed by atoms with van der Waals surface area (Å²) in [5.74, 6) is 0.767. The van der Waals surface area contributed by atoms with Gasteiger partial charge in [-0.2, -0.15) is 0 Å². The number of nitrogens with one attached hydrogen (secondary N) is 1. The van der Waals surface area contributed by atoms with Gasteiger partial charge in [0.15, 0.2) is 5.52 Å². The van der Waals surface area contributed by atoms with Gasteiger partial charge in [0.2, 0.25) is 6.33 Å². The van der Waals surface area contributed by atoms with Crippen LogP contribution < -0.4 is 4.57 Å². The fraction of sp³-hybridized carbons (Fsp3) is 0.375. The van der Waals surface area contributed by atoms with Gasteiger partial charge in [-0.25, -0.2) is 14.1 Å². The highest BCUT2D eigenvalue weighted by molar-refractivity contribution is 5.84. The van der Waals surface area contributed by atoms with Gasteiger partial charge in [0.05, 0.1) is 23.5 Å². The van der Waals surface area contributed by atoms with E-state index in [1.54, 1.807) is 6.07 Å². The minimum absolute atomic E-state index is 0.0448. The maximum absolute atomic E-state index is 11.0. The maximum Gasteiger partial charge on any atom is 0.297 e. The molecule has 0 aliphatic carbocycles. The van der Waals surface area contributed by atoms with E-state index >= 15 is 0 Å². The molecule has 1 aromatic carbocycles. The first kappa shape index (κ1) is 15.2. The van der Waals surface area contributed by atoms with Crippen molar-refractivity contribution in [1.82, 2.24) is 14.5 Å². The van der Waals surface area contributed by atoms with Crippen molar-refractivity contribution in [3.8, 4) is 0 Å². The summed E-state index contributed by atoms with van der Waals surface area (Å²) >= 11 is 0. The quantitative estimate of drug-likeness (QED) is 0.413. The first-order valence-corrected chi connectivity index (χ1v) is 7.84.